The number of amides is 1. The van der Waals surface area contributed by atoms with Gasteiger partial charge in [0.05, 0.1) is 28.7 Å². The first kappa shape index (κ1) is 21.8. The third kappa shape index (κ3) is 4.31. The van der Waals surface area contributed by atoms with E-state index in [0.29, 0.717) is 31.9 Å². The van der Waals surface area contributed by atoms with Crippen LogP contribution in [0.25, 0.3) is 0 Å². The Kier molecular flexibility index (Phi) is 5.77. The number of morpholine rings is 1. The normalized spacial score (nSPS) is 17.4. The van der Waals surface area contributed by atoms with Gasteiger partial charge in [0, 0.05) is 32.2 Å². The molecule has 0 unspecified atom stereocenters. The number of rotatable bonds is 5. The van der Waals surface area contributed by atoms with Crippen molar-refractivity contribution in [2.24, 2.45) is 0 Å². The molecule has 0 saturated carbocycles. The van der Waals surface area contributed by atoms with Gasteiger partial charge in [0.1, 0.15) is 0 Å². The van der Waals surface area contributed by atoms with E-state index in [2.05, 4.69) is 4.72 Å². The Hall–Kier alpha value is -2.47. The molecule has 1 N–H and O–H groups in total. The summed E-state index contributed by atoms with van der Waals surface area (Å²) in [7, 11) is -7.69. The Bertz CT molecular complexity index is 1220. The number of fused-ring (bicyclic) bond motifs is 1. The van der Waals surface area contributed by atoms with E-state index < -0.39 is 20.0 Å². The number of sulfonamides is 2. The molecule has 2 aromatic carbocycles. The van der Waals surface area contributed by atoms with E-state index in [0.717, 1.165) is 5.56 Å². The van der Waals surface area contributed by atoms with Crippen molar-refractivity contribution in [3.63, 3.8) is 0 Å². The molecule has 1 saturated heterocycles. The van der Waals surface area contributed by atoms with Crippen molar-refractivity contribution in [2.75, 3.05) is 42.5 Å². The third-order valence-electron chi connectivity index (χ3n) is 5.33. The van der Waals surface area contributed by atoms with Crippen LogP contribution in [0.4, 0.5) is 11.4 Å². The minimum Gasteiger partial charge on any atom is -0.379 e. The highest BCUT2D eigenvalue weighted by Gasteiger charge is 2.28. The lowest BCUT2D eigenvalue weighted by Gasteiger charge is -2.26. The topological polar surface area (TPSA) is 113 Å². The molecule has 2 heterocycles. The lowest BCUT2D eigenvalue weighted by molar-refractivity contribution is -0.116. The van der Waals surface area contributed by atoms with Crippen LogP contribution >= 0.6 is 0 Å². The van der Waals surface area contributed by atoms with Gasteiger partial charge < -0.3 is 9.64 Å². The van der Waals surface area contributed by atoms with Gasteiger partial charge in [-0.3, -0.25) is 9.52 Å². The second-order valence-corrected chi connectivity index (χ2v) is 11.0. The number of nitrogens with one attached hydrogen (secondary N) is 1. The molecule has 9 nitrogen and oxygen atoms in total. The Morgan fingerprint density at radius 1 is 0.968 bits per heavy atom. The molecular formula is C20H23N3O6S2. The molecule has 2 aromatic rings. The molecule has 0 atom stereocenters. The summed E-state index contributed by atoms with van der Waals surface area (Å²) in [4.78, 5) is 13.4. The number of hydrogen-bond acceptors (Lipinski definition) is 6. The molecule has 166 valence electrons. The number of anilines is 2. The van der Waals surface area contributed by atoms with Crippen molar-refractivity contribution < 1.29 is 26.4 Å². The van der Waals surface area contributed by atoms with Gasteiger partial charge in [-0.1, -0.05) is 6.07 Å². The summed E-state index contributed by atoms with van der Waals surface area (Å²) in [5, 5.41) is 0. The maximum Gasteiger partial charge on any atom is 0.261 e. The van der Waals surface area contributed by atoms with E-state index in [1.165, 1.54) is 41.6 Å². The van der Waals surface area contributed by atoms with Crippen LogP contribution in [0.5, 0.6) is 0 Å². The van der Waals surface area contributed by atoms with Crippen molar-refractivity contribution in [1.29, 1.82) is 0 Å². The zero-order chi connectivity index (χ0) is 22.2. The van der Waals surface area contributed by atoms with E-state index in [-0.39, 0.29) is 34.5 Å². The van der Waals surface area contributed by atoms with E-state index in [1.54, 1.807) is 17.0 Å². The lowest BCUT2D eigenvalue weighted by Crippen LogP contribution is -2.40. The lowest BCUT2D eigenvalue weighted by atomic mass is 10.2. The number of nitrogens with zero attached hydrogens (tertiary/aromatic N) is 2. The fraction of sp³-hybridized carbons (Fsp3) is 0.350. The highest BCUT2D eigenvalue weighted by Crippen LogP contribution is 2.31. The van der Waals surface area contributed by atoms with Crippen molar-refractivity contribution >= 4 is 37.3 Å². The summed E-state index contributed by atoms with van der Waals surface area (Å²) in [5.41, 5.74) is 1.65. The maximum atomic E-state index is 12.9. The number of carbonyl (C=O) groups excluding carboxylic acids is 1. The number of benzene rings is 2. The van der Waals surface area contributed by atoms with Gasteiger partial charge in [0.15, 0.2) is 0 Å². The standard InChI is InChI=1S/C20H23N3O6S2/c1-15(24)23-8-7-16-13-18(5-6-20(16)23)30(25,26)21-17-3-2-4-19(14-17)31(27,28)22-9-11-29-12-10-22/h2-6,13-14,21H,7-12H2,1H3. The number of carbonyl (C=O) groups is 1. The van der Waals surface area contributed by atoms with Crippen LogP contribution in [0.1, 0.15) is 12.5 Å². The Labute approximate surface area is 181 Å². The fourth-order valence-electron chi connectivity index (χ4n) is 3.74. The Morgan fingerprint density at radius 3 is 2.42 bits per heavy atom. The molecule has 0 radical (unpaired) electrons. The average Bonchev–Trinajstić information content (AvgIpc) is 3.18. The largest absolute Gasteiger partial charge is 0.379 e. The first-order chi connectivity index (χ1) is 14.7. The van der Waals surface area contributed by atoms with Crippen LogP contribution in [0.15, 0.2) is 52.3 Å². The van der Waals surface area contributed by atoms with E-state index in [4.69, 9.17) is 4.74 Å². The molecule has 2 aliphatic rings. The van der Waals surface area contributed by atoms with Crippen LogP contribution in [0.2, 0.25) is 0 Å². The first-order valence-corrected chi connectivity index (χ1v) is 12.7. The van der Waals surface area contributed by atoms with Gasteiger partial charge >= 0.3 is 0 Å². The molecule has 0 spiro atoms. The van der Waals surface area contributed by atoms with Crippen LogP contribution in [-0.4, -0.2) is 59.9 Å². The van der Waals surface area contributed by atoms with Gasteiger partial charge in [0.2, 0.25) is 15.9 Å². The molecule has 1 fully saturated rings. The van der Waals surface area contributed by atoms with E-state index >= 15 is 0 Å². The van der Waals surface area contributed by atoms with Gasteiger partial charge in [-0.15, -0.1) is 0 Å². The Balaban J connectivity index is 1.58. The SMILES string of the molecule is CC(=O)N1CCc2cc(S(=O)(=O)Nc3cccc(S(=O)(=O)N4CCOCC4)c3)ccc21. The monoisotopic (exact) mass is 465 g/mol. The molecule has 1 amide bonds. The van der Waals surface area contributed by atoms with E-state index in [1.807, 2.05) is 0 Å². The summed E-state index contributed by atoms with van der Waals surface area (Å²) in [6.45, 7) is 3.15. The summed E-state index contributed by atoms with van der Waals surface area (Å²) >= 11 is 0. The van der Waals surface area contributed by atoms with Crippen LogP contribution in [0, 0.1) is 0 Å². The van der Waals surface area contributed by atoms with Gasteiger partial charge in [-0.05, 0) is 48.4 Å². The van der Waals surface area contributed by atoms with Crippen molar-refractivity contribution in [3.8, 4) is 0 Å². The van der Waals surface area contributed by atoms with Gasteiger partial charge in [-0.2, -0.15) is 4.31 Å². The van der Waals surface area contributed by atoms with Crippen LogP contribution in [-0.2, 0) is 36.0 Å². The average molecular weight is 466 g/mol. The predicted molar refractivity (Wildman–Crippen MR) is 115 cm³/mol. The predicted octanol–water partition coefficient (Wildman–Crippen LogP) is 1.42. The highest BCUT2D eigenvalue weighted by molar-refractivity contribution is 7.92. The summed E-state index contributed by atoms with van der Waals surface area (Å²) in [6.07, 6.45) is 0.575. The third-order valence-corrected chi connectivity index (χ3v) is 8.60. The molecule has 2 aliphatic heterocycles. The molecule has 0 bridgehead atoms. The Morgan fingerprint density at radius 2 is 1.71 bits per heavy atom. The van der Waals surface area contributed by atoms with Gasteiger partial charge in [-0.25, -0.2) is 16.8 Å². The molecular weight excluding hydrogens is 442 g/mol. The maximum absolute atomic E-state index is 12.9. The van der Waals surface area contributed by atoms with Crippen molar-refractivity contribution in [2.45, 2.75) is 23.1 Å². The fourth-order valence-corrected chi connectivity index (χ4v) is 6.30. The number of hydrogen-bond donors (Lipinski definition) is 1. The first-order valence-electron chi connectivity index (χ1n) is 9.80. The molecule has 31 heavy (non-hydrogen) atoms. The minimum atomic E-state index is -3.94. The second-order valence-electron chi connectivity index (χ2n) is 7.36. The van der Waals surface area contributed by atoms with Gasteiger partial charge in [0.25, 0.3) is 10.0 Å². The zero-order valence-electron chi connectivity index (χ0n) is 16.9. The summed E-state index contributed by atoms with van der Waals surface area (Å²) < 4.78 is 60.5. The zero-order valence-corrected chi connectivity index (χ0v) is 18.6. The van der Waals surface area contributed by atoms with Crippen LogP contribution < -0.4 is 9.62 Å². The molecule has 0 aromatic heterocycles. The number of ether oxygens (including phenoxy) is 1. The second kappa shape index (κ2) is 8.23. The molecule has 0 aliphatic carbocycles. The minimum absolute atomic E-state index is 0.0145. The smallest absolute Gasteiger partial charge is 0.261 e. The van der Waals surface area contributed by atoms with E-state index in [9.17, 15) is 21.6 Å². The van der Waals surface area contributed by atoms with Crippen molar-refractivity contribution in [1.82, 2.24) is 4.31 Å². The highest BCUT2D eigenvalue weighted by atomic mass is 32.2. The quantitative estimate of drug-likeness (QED) is 0.715. The molecule has 11 heteroatoms. The van der Waals surface area contributed by atoms with Crippen molar-refractivity contribution in [3.05, 3.63) is 48.0 Å². The van der Waals surface area contributed by atoms with Crippen LogP contribution in [0.3, 0.4) is 0 Å². The summed E-state index contributed by atoms with van der Waals surface area (Å²) in [6, 6.07) is 10.4. The molecule has 4 rings (SSSR count). The summed E-state index contributed by atoms with van der Waals surface area (Å²) in [5.74, 6) is -0.0919.